The van der Waals surface area contributed by atoms with Crippen molar-refractivity contribution in [2.45, 2.75) is 5.41 Å². The normalized spacial score (nSPS) is 13.4. The van der Waals surface area contributed by atoms with Gasteiger partial charge in [0.05, 0.1) is 26.4 Å². The molecule has 0 unspecified atom stereocenters. The highest BCUT2D eigenvalue weighted by atomic mass is 16.6. The molecule has 2 N–H and O–H groups in total. The Balaban J connectivity index is 1.85. The van der Waals surface area contributed by atoms with Crippen LogP contribution in [0.3, 0.4) is 0 Å². The minimum Gasteiger partial charge on any atom is -0.478 e. The fourth-order valence-electron chi connectivity index (χ4n) is 5.70. The van der Waals surface area contributed by atoms with Crippen LogP contribution in [0.4, 0.5) is 11.4 Å². The average molecular weight is 494 g/mol. The van der Waals surface area contributed by atoms with Gasteiger partial charge >= 0.3 is 11.9 Å². The summed E-state index contributed by atoms with van der Waals surface area (Å²) in [6.07, 6.45) is 0. The zero-order chi connectivity index (χ0) is 26.2. The van der Waals surface area contributed by atoms with Crippen molar-refractivity contribution < 1.29 is 29.6 Å². The van der Waals surface area contributed by atoms with Gasteiger partial charge in [-0.05, 0) is 80.9 Å². The summed E-state index contributed by atoms with van der Waals surface area (Å²) >= 11 is 0. The van der Waals surface area contributed by atoms with Crippen LogP contribution in [0, 0.1) is 20.2 Å². The minimum atomic E-state index is -1.41. The third-order valence-electron chi connectivity index (χ3n) is 7.16. The summed E-state index contributed by atoms with van der Waals surface area (Å²) in [6, 6.07) is 17.5. The fourth-order valence-corrected chi connectivity index (χ4v) is 5.70. The van der Waals surface area contributed by atoms with E-state index in [0.717, 1.165) is 0 Å². The predicted octanol–water partition coefficient (Wildman–Crippen LogP) is 5.24. The first-order chi connectivity index (χ1) is 17.6. The second-order valence-electron chi connectivity index (χ2n) is 8.86. The molecule has 4 aromatic rings. The average Bonchev–Trinajstić information content (AvgIpc) is 3.33. The summed E-state index contributed by atoms with van der Waals surface area (Å²) < 4.78 is 0. The largest absolute Gasteiger partial charge is 0.478 e. The van der Waals surface area contributed by atoms with E-state index >= 15 is 0 Å². The van der Waals surface area contributed by atoms with Gasteiger partial charge < -0.3 is 10.2 Å². The fraction of sp³-hybridized carbons (Fsp3) is 0.0370. The Kier molecular flexibility index (Phi) is 4.37. The zero-order valence-corrected chi connectivity index (χ0v) is 18.7. The zero-order valence-electron chi connectivity index (χ0n) is 18.7. The van der Waals surface area contributed by atoms with Crippen LogP contribution in [0.1, 0.15) is 43.0 Å². The van der Waals surface area contributed by atoms with E-state index in [0.29, 0.717) is 44.5 Å². The monoisotopic (exact) mass is 494 g/mol. The second kappa shape index (κ2) is 7.31. The Labute approximate surface area is 207 Å². The van der Waals surface area contributed by atoms with E-state index in [4.69, 9.17) is 0 Å². The second-order valence-corrected chi connectivity index (χ2v) is 8.86. The quantitative estimate of drug-likeness (QED) is 0.248. The number of rotatable bonds is 4. The lowest BCUT2D eigenvalue weighted by Crippen LogP contribution is -2.27. The van der Waals surface area contributed by atoms with Crippen LogP contribution in [-0.2, 0) is 5.41 Å². The molecule has 4 aromatic carbocycles. The number of carboxylic acids is 2. The molecule has 10 nitrogen and oxygen atoms in total. The number of hydrogen-bond acceptors (Lipinski definition) is 6. The summed E-state index contributed by atoms with van der Waals surface area (Å²) in [5, 5.41) is 43.0. The number of hydrogen-bond donors (Lipinski definition) is 2. The van der Waals surface area contributed by atoms with Crippen molar-refractivity contribution >= 4 is 23.3 Å². The van der Waals surface area contributed by atoms with Gasteiger partial charge in [0.25, 0.3) is 11.4 Å². The number of non-ortho nitro benzene ring substituents is 2. The lowest BCUT2D eigenvalue weighted by Gasteiger charge is -2.30. The first-order valence-electron chi connectivity index (χ1n) is 11.0. The molecule has 2 aliphatic carbocycles. The number of nitro groups is 2. The molecule has 0 aromatic heterocycles. The van der Waals surface area contributed by atoms with Crippen LogP contribution in [0.15, 0.2) is 72.8 Å². The summed E-state index contributed by atoms with van der Waals surface area (Å²) in [5.74, 6) is -2.40. The van der Waals surface area contributed by atoms with Crippen LogP contribution in [0.2, 0.25) is 0 Å². The number of fused-ring (bicyclic) bond motifs is 10. The maximum Gasteiger partial charge on any atom is 0.335 e. The molecule has 0 fully saturated rings. The molecular weight excluding hydrogens is 480 g/mol. The van der Waals surface area contributed by atoms with Gasteiger partial charge in [0, 0.05) is 24.3 Å². The summed E-state index contributed by atoms with van der Waals surface area (Å²) in [4.78, 5) is 46.3. The first kappa shape index (κ1) is 22.1. The van der Waals surface area contributed by atoms with E-state index in [1.165, 1.54) is 48.5 Å². The smallest absolute Gasteiger partial charge is 0.335 e. The number of carbonyl (C=O) groups is 2. The van der Waals surface area contributed by atoms with E-state index in [1.807, 2.05) is 0 Å². The molecule has 0 aliphatic heterocycles. The number of aromatic carboxylic acids is 2. The van der Waals surface area contributed by atoms with Gasteiger partial charge in [-0.25, -0.2) is 9.59 Å². The van der Waals surface area contributed by atoms with Crippen molar-refractivity contribution in [3.8, 4) is 22.3 Å². The standard InChI is InChI=1S/C27H14N2O8/c30-25(31)13-1-5-17-19-7-3-15(28(34)35)11-23(19)27(21(17)9-13)22-10-14(26(32)33)2-6-18(22)20-8-4-16(29(36)37)12-24(20)27/h1-12H,(H,30,31)(H,32,33). The van der Waals surface area contributed by atoms with Crippen molar-refractivity contribution in [1.82, 2.24) is 0 Å². The summed E-state index contributed by atoms with van der Waals surface area (Å²) in [5.41, 5.74) is 2.16. The molecule has 1 spiro atoms. The molecule has 0 amide bonds. The van der Waals surface area contributed by atoms with Gasteiger partial charge in [-0.2, -0.15) is 0 Å². The minimum absolute atomic E-state index is 0.0461. The Morgan fingerprint density at radius 1 is 0.568 bits per heavy atom. The third kappa shape index (κ3) is 2.80. The molecule has 0 heterocycles. The van der Waals surface area contributed by atoms with Crippen molar-refractivity contribution in [3.63, 3.8) is 0 Å². The van der Waals surface area contributed by atoms with Gasteiger partial charge in [0.15, 0.2) is 0 Å². The molecule has 6 rings (SSSR count). The number of benzene rings is 4. The Bertz CT molecular complexity index is 1500. The van der Waals surface area contributed by atoms with Crippen molar-refractivity contribution in [2.75, 3.05) is 0 Å². The van der Waals surface area contributed by atoms with Crippen molar-refractivity contribution in [2.24, 2.45) is 0 Å². The topological polar surface area (TPSA) is 161 Å². The van der Waals surface area contributed by atoms with E-state index < -0.39 is 27.2 Å². The van der Waals surface area contributed by atoms with E-state index in [-0.39, 0.29) is 22.5 Å². The van der Waals surface area contributed by atoms with Crippen LogP contribution in [0.25, 0.3) is 22.3 Å². The molecule has 0 atom stereocenters. The van der Waals surface area contributed by atoms with Crippen LogP contribution < -0.4 is 0 Å². The van der Waals surface area contributed by atoms with Crippen LogP contribution in [-0.4, -0.2) is 32.0 Å². The number of nitrogens with zero attached hydrogens (tertiary/aromatic N) is 2. The molecule has 180 valence electrons. The highest BCUT2D eigenvalue weighted by Crippen LogP contribution is 2.63. The van der Waals surface area contributed by atoms with E-state index in [9.17, 15) is 40.0 Å². The predicted molar refractivity (Wildman–Crippen MR) is 130 cm³/mol. The van der Waals surface area contributed by atoms with Gasteiger partial charge in [-0.15, -0.1) is 0 Å². The molecule has 0 saturated heterocycles. The van der Waals surface area contributed by atoms with Gasteiger partial charge in [0.1, 0.15) is 0 Å². The highest BCUT2D eigenvalue weighted by molar-refractivity contribution is 5.99. The van der Waals surface area contributed by atoms with Gasteiger partial charge in [-0.3, -0.25) is 20.2 Å². The lowest BCUT2D eigenvalue weighted by molar-refractivity contribution is -0.385. The van der Waals surface area contributed by atoms with Crippen LogP contribution >= 0.6 is 0 Å². The molecule has 0 bridgehead atoms. The SMILES string of the molecule is O=C(O)c1ccc2c(c1)C1(c3cc(C(=O)O)ccc3-c3ccc([N+](=O)[O-])cc31)c1cc([N+](=O)[O-])ccc1-2. The molecular formula is C27H14N2O8. The third-order valence-corrected chi connectivity index (χ3v) is 7.16. The Hall–Kier alpha value is -5.38. The number of nitro benzene ring substituents is 2. The molecule has 37 heavy (non-hydrogen) atoms. The van der Waals surface area contributed by atoms with Crippen molar-refractivity contribution in [1.29, 1.82) is 0 Å². The maximum absolute atomic E-state index is 11.9. The highest BCUT2D eigenvalue weighted by Gasteiger charge is 2.53. The maximum atomic E-state index is 11.9. The summed E-state index contributed by atoms with van der Waals surface area (Å²) in [7, 11) is 0. The Morgan fingerprint density at radius 2 is 0.892 bits per heavy atom. The summed E-state index contributed by atoms with van der Waals surface area (Å²) in [6.45, 7) is 0. The van der Waals surface area contributed by atoms with E-state index in [2.05, 4.69) is 0 Å². The molecule has 2 aliphatic rings. The van der Waals surface area contributed by atoms with Gasteiger partial charge in [0.2, 0.25) is 0 Å². The molecule has 10 heteroatoms. The first-order valence-corrected chi connectivity index (χ1v) is 11.0. The Morgan fingerprint density at radius 3 is 1.22 bits per heavy atom. The van der Waals surface area contributed by atoms with Crippen molar-refractivity contribution in [3.05, 3.63) is 126 Å². The van der Waals surface area contributed by atoms with E-state index in [1.54, 1.807) is 24.3 Å². The van der Waals surface area contributed by atoms with Gasteiger partial charge in [-0.1, -0.05) is 12.1 Å². The molecule has 0 radical (unpaired) electrons. The lowest BCUT2D eigenvalue weighted by atomic mass is 9.70. The molecule has 0 saturated carbocycles. The number of carboxylic acid groups (broad SMARTS) is 2. The van der Waals surface area contributed by atoms with Crippen LogP contribution in [0.5, 0.6) is 0 Å².